The zero-order valence-corrected chi connectivity index (χ0v) is 11.5. The van der Waals surface area contributed by atoms with E-state index in [1.165, 1.54) is 0 Å². The van der Waals surface area contributed by atoms with E-state index in [0.717, 1.165) is 5.56 Å². The first-order valence-electron chi connectivity index (χ1n) is 7.15. The van der Waals surface area contributed by atoms with Gasteiger partial charge < -0.3 is 9.47 Å². The van der Waals surface area contributed by atoms with Crippen molar-refractivity contribution < 1.29 is 28.7 Å². The van der Waals surface area contributed by atoms with Crippen LogP contribution in [0, 0.1) is 11.8 Å². The number of benzene rings is 1. The van der Waals surface area contributed by atoms with Crippen molar-refractivity contribution in [1.82, 2.24) is 0 Å². The molecule has 112 valence electrons. The Morgan fingerprint density at radius 2 is 1.45 bits per heavy atom. The Kier molecular flexibility index (Phi) is 2.69. The molecule has 0 N–H and O–H groups in total. The maximum Gasteiger partial charge on any atom is 0.321 e. The van der Waals surface area contributed by atoms with Crippen molar-refractivity contribution in [1.29, 1.82) is 0 Å². The van der Waals surface area contributed by atoms with Gasteiger partial charge in [-0.25, -0.2) is 0 Å². The van der Waals surface area contributed by atoms with Gasteiger partial charge >= 0.3 is 23.9 Å². The van der Waals surface area contributed by atoms with Gasteiger partial charge in [0.2, 0.25) is 0 Å². The second-order valence-corrected chi connectivity index (χ2v) is 5.90. The molecule has 2 heterocycles. The predicted octanol–water partition coefficient (Wildman–Crippen LogP) is 1.05. The van der Waals surface area contributed by atoms with Crippen molar-refractivity contribution in [3.8, 4) is 0 Å². The molecule has 3 aliphatic rings. The first kappa shape index (κ1) is 13.2. The predicted molar refractivity (Wildman–Crippen MR) is 70.3 cm³/mol. The maximum absolute atomic E-state index is 11.9. The van der Waals surface area contributed by atoms with Gasteiger partial charge in [-0.1, -0.05) is 24.3 Å². The normalized spacial score (nSPS) is 33.3. The summed E-state index contributed by atoms with van der Waals surface area (Å²) in [4.78, 5) is 47.1. The molecule has 4 atom stereocenters. The molecule has 0 bridgehead atoms. The van der Waals surface area contributed by atoms with E-state index in [1.807, 2.05) is 12.1 Å². The van der Waals surface area contributed by atoms with Crippen LogP contribution in [0.5, 0.6) is 0 Å². The van der Waals surface area contributed by atoms with Crippen LogP contribution < -0.4 is 0 Å². The van der Waals surface area contributed by atoms with Gasteiger partial charge in [-0.2, -0.15) is 0 Å². The van der Waals surface area contributed by atoms with Gasteiger partial charge in [0.05, 0.1) is 24.2 Å². The second kappa shape index (κ2) is 4.50. The van der Waals surface area contributed by atoms with Crippen LogP contribution in [0.1, 0.15) is 35.8 Å². The van der Waals surface area contributed by atoms with E-state index in [2.05, 4.69) is 4.74 Å². The van der Waals surface area contributed by atoms with Gasteiger partial charge in [0.15, 0.2) is 0 Å². The number of fused-ring (bicyclic) bond motifs is 3. The number of cyclic esters (lactones) is 4. The Balaban J connectivity index is 1.81. The van der Waals surface area contributed by atoms with Crippen LogP contribution in [-0.4, -0.2) is 23.9 Å². The lowest BCUT2D eigenvalue weighted by Gasteiger charge is -2.32. The molecule has 0 radical (unpaired) electrons. The van der Waals surface area contributed by atoms with Gasteiger partial charge in [-0.15, -0.1) is 0 Å². The Hall–Kier alpha value is -2.50. The fourth-order valence-electron chi connectivity index (χ4n) is 3.83. The van der Waals surface area contributed by atoms with Gasteiger partial charge in [0, 0.05) is 0 Å². The van der Waals surface area contributed by atoms with Crippen LogP contribution in [-0.2, 0) is 28.7 Å². The summed E-state index contributed by atoms with van der Waals surface area (Å²) in [6.07, 6.45) is 0.331. The number of carbonyl (C=O) groups is 4. The molecule has 22 heavy (non-hydrogen) atoms. The summed E-state index contributed by atoms with van der Waals surface area (Å²) < 4.78 is 9.40. The molecule has 0 amide bonds. The monoisotopic (exact) mass is 300 g/mol. The lowest BCUT2D eigenvalue weighted by molar-refractivity contribution is -0.155. The largest absolute Gasteiger partial charge is 0.393 e. The smallest absolute Gasteiger partial charge is 0.321 e. The first-order chi connectivity index (χ1) is 10.6. The summed E-state index contributed by atoms with van der Waals surface area (Å²) in [6, 6.07) is 7.21. The molecule has 1 aromatic rings. The maximum atomic E-state index is 11.9. The average Bonchev–Trinajstić information content (AvgIpc) is 2.97. The number of rotatable bonds is 1. The molecule has 6 heteroatoms. The Labute approximate surface area is 125 Å². The van der Waals surface area contributed by atoms with E-state index in [4.69, 9.17) is 4.74 Å². The van der Waals surface area contributed by atoms with Gasteiger partial charge in [-0.05, 0) is 23.5 Å². The summed E-state index contributed by atoms with van der Waals surface area (Å²) >= 11 is 0. The van der Waals surface area contributed by atoms with E-state index in [9.17, 15) is 19.2 Å². The summed E-state index contributed by atoms with van der Waals surface area (Å²) in [5.74, 6) is -4.28. The fourth-order valence-corrected chi connectivity index (χ4v) is 3.83. The van der Waals surface area contributed by atoms with E-state index < -0.39 is 41.6 Å². The topological polar surface area (TPSA) is 86.7 Å². The standard InChI is InChI=1S/C16H12O6/c17-12-6-10(14(18)21-12)9-5-11-13(16(20)22-15(11)19)8-4-2-1-3-7(8)9/h1-4,9-11,13H,5-6H2/t9-,10-,11-,13-/m1/s1. The summed E-state index contributed by atoms with van der Waals surface area (Å²) in [7, 11) is 0. The Morgan fingerprint density at radius 1 is 0.773 bits per heavy atom. The van der Waals surface area contributed by atoms with E-state index in [0.29, 0.717) is 12.0 Å². The first-order valence-corrected chi connectivity index (χ1v) is 7.15. The average molecular weight is 300 g/mol. The molecule has 2 fully saturated rings. The molecule has 0 aromatic heterocycles. The zero-order valence-electron chi connectivity index (χ0n) is 11.5. The molecule has 0 spiro atoms. The molecule has 4 rings (SSSR count). The molecular weight excluding hydrogens is 288 g/mol. The lowest BCUT2D eigenvalue weighted by atomic mass is 9.67. The van der Waals surface area contributed by atoms with E-state index in [1.54, 1.807) is 12.1 Å². The minimum atomic E-state index is -0.604. The summed E-state index contributed by atoms with van der Waals surface area (Å²) in [5, 5.41) is 0. The van der Waals surface area contributed by atoms with Crippen molar-refractivity contribution in [2.24, 2.45) is 11.8 Å². The zero-order chi connectivity index (χ0) is 15.4. The number of hydrogen-bond donors (Lipinski definition) is 0. The SMILES string of the molecule is O=C1C[C@H]([C@@H]2C[C@H]3C(=O)OC(=O)[C@@H]3c3ccccc32)C(=O)O1. The third kappa shape index (κ3) is 1.73. The highest BCUT2D eigenvalue weighted by Gasteiger charge is 2.53. The van der Waals surface area contributed by atoms with Crippen molar-refractivity contribution in [2.45, 2.75) is 24.7 Å². The van der Waals surface area contributed by atoms with Gasteiger partial charge in [0.25, 0.3) is 0 Å². The van der Waals surface area contributed by atoms with Crippen molar-refractivity contribution in [2.75, 3.05) is 0 Å². The summed E-state index contributed by atoms with van der Waals surface area (Å²) in [6.45, 7) is 0. The Morgan fingerprint density at radius 3 is 2.14 bits per heavy atom. The van der Waals surface area contributed by atoms with Crippen molar-refractivity contribution in [3.05, 3.63) is 35.4 Å². The molecule has 1 aliphatic carbocycles. The van der Waals surface area contributed by atoms with Crippen LogP contribution in [0.15, 0.2) is 24.3 Å². The Bertz CT molecular complexity index is 721. The van der Waals surface area contributed by atoms with E-state index >= 15 is 0 Å². The minimum absolute atomic E-state index is 0.0121. The lowest BCUT2D eigenvalue weighted by Crippen LogP contribution is -2.31. The highest BCUT2D eigenvalue weighted by molar-refractivity contribution is 6.01. The third-order valence-corrected chi connectivity index (χ3v) is 4.79. The summed E-state index contributed by atoms with van der Waals surface area (Å²) in [5.41, 5.74) is 1.54. The second-order valence-electron chi connectivity index (χ2n) is 5.90. The number of carbonyl (C=O) groups excluding carboxylic acids is 4. The molecule has 0 saturated carbocycles. The van der Waals surface area contributed by atoms with Crippen LogP contribution in [0.25, 0.3) is 0 Å². The van der Waals surface area contributed by atoms with E-state index in [-0.39, 0.29) is 12.3 Å². The van der Waals surface area contributed by atoms with Crippen molar-refractivity contribution in [3.63, 3.8) is 0 Å². The van der Waals surface area contributed by atoms with Crippen LogP contribution in [0.2, 0.25) is 0 Å². The number of ether oxygens (including phenoxy) is 2. The molecule has 2 aliphatic heterocycles. The molecule has 1 aromatic carbocycles. The third-order valence-electron chi connectivity index (χ3n) is 4.79. The highest BCUT2D eigenvalue weighted by Crippen LogP contribution is 2.50. The molecule has 0 unspecified atom stereocenters. The van der Waals surface area contributed by atoms with Crippen molar-refractivity contribution >= 4 is 23.9 Å². The van der Waals surface area contributed by atoms with Gasteiger partial charge in [-0.3, -0.25) is 19.2 Å². The van der Waals surface area contributed by atoms with Gasteiger partial charge in [0.1, 0.15) is 0 Å². The number of hydrogen-bond acceptors (Lipinski definition) is 6. The highest BCUT2D eigenvalue weighted by atomic mass is 16.6. The molecule has 2 saturated heterocycles. The fraction of sp³-hybridized carbons (Fsp3) is 0.375. The van der Waals surface area contributed by atoms with Crippen LogP contribution in [0.4, 0.5) is 0 Å². The quantitative estimate of drug-likeness (QED) is 0.569. The minimum Gasteiger partial charge on any atom is -0.393 e. The molecule has 6 nitrogen and oxygen atoms in total. The molecular formula is C16H12O6. The van der Waals surface area contributed by atoms with Crippen LogP contribution >= 0.6 is 0 Å². The van der Waals surface area contributed by atoms with Crippen LogP contribution in [0.3, 0.4) is 0 Å². The number of esters is 4.